The van der Waals surface area contributed by atoms with Gasteiger partial charge < -0.3 is 10.5 Å². The third-order valence-electron chi connectivity index (χ3n) is 2.26. The first-order valence-corrected chi connectivity index (χ1v) is 7.52. The molecular formula is C12H18N2O4S. The molecule has 0 saturated carbocycles. The zero-order chi connectivity index (χ0) is 14.7. The summed E-state index contributed by atoms with van der Waals surface area (Å²) in [6.45, 7) is 3.50. The third-order valence-corrected chi connectivity index (χ3v) is 2.87. The van der Waals surface area contributed by atoms with Crippen molar-refractivity contribution >= 4 is 21.8 Å². The molecule has 0 radical (unpaired) electrons. The molecule has 0 atom stereocenters. The molecule has 0 saturated heterocycles. The maximum absolute atomic E-state index is 11.1. The Morgan fingerprint density at radius 3 is 2.26 bits per heavy atom. The van der Waals surface area contributed by atoms with Crippen LogP contribution in [0.2, 0.25) is 0 Å². The smallest absolute Gasteiger partial charge is 0.405 e. The summed E-state index contributed by atoms with van der Waals surface area (Å²) >= 11 is 0. The molecule has 0 aliphatic heterocycles. The molecule has 1 aromatic rings. The first-order valence-electron chi connectivity index (χ1n) is 5.63. The van der Waals surface area contributed by atoms with Gasteiger partial charge in [-0.05, 0) is 31.5 Å². The summed E-state index contributed by atoms with van der Waals surface area (Å²) < 4.78 is 29.5. The number of sulfonamides is 1. The minimum atomic E-state index is -3.28. The van der Waals surface area contributed by atoms with E-state index in [0.29, 0.717) is 12.1 Å². The van der Waals surface area contributed by atoms with E-state index in [-0.39, 0.29) is 0 Å². The van der Waals surface area contributed by atoms with Crippen molar-refractivity contribution in [2.24, 2.45) is 5.73 Å². The fraction of sp³-hybridized carbons (Fsp3) is 0.417. The van der Waals surface area contributed by atoms with Crippen LogP contribution in [-0.4, -0.2) is 26.4 Å². The van der Waals surface area contributed by atoms with Crippen molar-refractivity contribution in [3.8, 4) is 0 Å². The van der Waals surface area contributed by atoms with Gasteiger partial charge in [0.2, 0.25) is 10.0 Å². The van der Waals surface area contributed by atoms with E-state index in [1.807, 2.05) is 0 Å². The summed E-state index contributed by atoms with van der Waals surface area (Å²) in [5, 5.41) is 0. The Hall–Kier alpha value is -1.76. The van der Waals surface area contributed by atoms with Crippen molar-refractivity contribution in [1.29, 1.82) is 0 Å². The molecule has 0 aliphatic carbocycles. The molecule has 19 heavy (non-hydrogen) atoms. The highest BCUT2D eigenvalue weighted by atomic mass is 32.2. The van der Waals surface area contributed by atoms with Crippen LogP contribution >= 0.6 is 0 Å². The molecule has 1 aromatic carbocycles. The summed E-state index contributed by atoms with van der Waals surface area (Å²) in [6, 6.07) is 6.83. The zero-order valence-electron chi connectivity index (χ0n) is 11.1. The lowest BCUT2D eigenvalue weighted by molar-refractivity contribution is 0.0460. The molecule has 0 unspecified atom stereocenters. The number of primary amides is 1. The van der Waals surface area contributed by atoms with Crippen LogP contribution in [0, 0.1) is 0 Å². The summed E-state index contributed by atoms with van der Waals surface area (Å²) in [4.78, 5) is 10.7. The van der Waals surface area contributed by atoms with Gasteiger partial charge in [0.25, 0.3) is 0 Å². The topological polar surface area (TPSA) is 98.5 Å². The second kappa shape index (κ2) is 5.48. The molecule has 1 amide bonds. The van der Waals surface area contributed by atoms with Gasteiger partial charge in [0.1, 0.15) is 5.60 Å². The van der Waals surface area contributed by atoms with Crippen LogP contribution < -0.4 is 10.5 Å². The van der Waals surface area contributed by atoms with Gasteiger partial charge in [0.05, 0.1) is 6.26 Å². The van der Waals surface area contributed by atoms with Crippen molar-refractivity contribution in [1.82, 2.24) is 0 Å². The number of carbonyl (C=O) groups is 1. The normalized spacial score (nSPS) is 11.9. The number of hydrogen-bond donors (Lipinski definition) is 2. The fourth-order valence-electron chi connectivity index (χ4n) is 1.70. The van der Waals surface area contributed by atoms with Gasteiger partial charge in [-0.15, -0.1) is 0 Å². The monoisotopic (exact) mass is 286 g/mol. The molecule has 6 nitrogen and oxygen atoms in total. The Balaban J connectivity index is 2.74. The third kappa shape index (κ3) is 6.10. The molecule has 0 bridgehead atoms. The van der Waals surface area contributed by atoms with E-state index in [1.165, 1.54) is 0 Å². The number of anilines is 1. The molecular weight excluding hydrogens is 268 g/mol. The largest absolute Gasteiger partial charge is 0.443 e. The second-order valence-corrected chi connectivity index (χ2v) is 6.68. The van der Waals surface area contributed by atoms with E-state index in [9.17, 15) is 13.2 Å². The lowest BCUT2D eigenvalue weighted by Crippen LogP contribution is -2.33. The maximum atomic E-state index is 11.1. The molecule has 0 spiro atoms. The number of rotatable bonds is 5. The van der Waals surface area contributed by atoms with Gasteiger partial charge in [-0.2, -0.15) is 0 Å². The molecule has 106 valence electrons. The predicted octanol–water partition coefficient (Wildman–Crippen LogP) is 1.47. The van der Waals surface area contributed by atoms with Crippen LogP contribution in [0.15, 0.2) is 24.3 Å². The molecule has 0 aliphatic rings. The number of nitrogens with two attached hydrogens (primary N) is 1. The standard InChI is InChI=1S/C12H18N2O4S/c1-12(2,18-11(13)15)8-9-4-6-10(7-5-9)14-19(3,16)17/h4-7,14H,8H2,1-3H3,(H2,13,15). The number of benzene rings is 1. The van der Waals surface area contributed by atoms with Gasteiger partial charge in [-0.3, -0.25) is 4.72 Å². The first kappa shape index (κ1) is 15.3. The van der Waals surface area contributed by atoms with E-state index < -0.39 is 21.7 Å². The van der Waals surface area contributed by atoms with Gasteiger partial charge in [-0.25, -0.2) is 13.2 Å². The number of ether oxygens (including phenoxy) is 1. The summed E-state index contributed by atoms with van der Waals surface area (Å²) in [5.41, 5.74) is 5.67. The molecule has 0 fully saturated rings. The average molecular weight is 286 g/mol. The van der Waals surface area contributed by atoms with Crippen LogP contribution in [0.25, 0.3) is 0 Å². The number of nitrogens with one attached hydrogen (secondary N) is 1. The van der Waals surface area contributed by atoms with Crippen LogP contribution in [0.3, 0.4) is 0 Å². The van der Waals surface area contributed by atoms with Gasteiger partial charge >= 0.3 is 6.09 Å². The van der Waals surface area contributed by atoms with E-state index in [4.69, 9.17) is 10.5 Å². The van der Waals surface area contributed by atoms with Crippen molar-refractivity contribution in [2.75, 3.05) is 11.0 Å². The Kier molecular flexibility index (Phi) is 4.41. The molecule has 7 heteroatoms. The SMILES string of the molecule is CC(C)(Cc1ccc(NS(C)(=O)=O)cc1)OC(N)=O. The van der Waals surface area contributed by atoms with E-state index in [0.717, 1.165) is 11.8 Å². The number of carbonyl (C=O) groups excluding carboxylic acids is 1. The van der Waals surface area contributed by atoms with E-state index in [1.54, 1.807) is 38.1 Å². The predicted molar refractivity (Wildman–Crippen MR) is 73.4 cm³/mol. The quantitative estimate of drug-likeness (QED) is 0.856. The highest BCUT2D eigenvalue weighted by Gasteiger charge is 2.22. The minimum Gasteiger partial charge on any atom is -0.443 e. The van der Waals surface area contributed by atoms with Crippen molar-refractivity contribution in [3.05, 3.63) is 29.8 Å². The minimum absolute atomic E-state index is 0.481. The molecule has 1 rings (SSSR count). The number of amides is 1. The van der Waals surface area contributed by atoms with Gasteiger partial charge in [0.15, 0.2) is 0 Å². The Bertz CT molecular complexity index is 550. The maximum Gasteiger partial charge on any atom is 0.405 e. The van der Waals surface area contributed by atoms with Gasteiger partial charge in [-0.1, -0.05) is 12.1 Å². The van der Waals surface area contributed by atoms with E-state index >= 15 is 0 Å². The van der Waals surface area contributed by atoms with E-state index in [2.05, 4.69) is 4.72 Å². The Morgan fingerprint density at radius 2 is 1.84 bits per heavy atom. The number of hydrogen-bond acceptors (Lipinski definition) is 4. The second-order valence-electron chi connectivity index (χ2n) is 4.93. The van der Waals surface area contributed by atoms with Crippen LogP contribution in [0.5, 0.6) is 0 Å². The summed E-state index contributed by atoms with van der Waals surface area (Å²) in [6.07, 6.45) is 0.750. The highest BCUT2D eigenvalue weighted by Crippen LogP contribution is 2.19. The summed E-state index contributed by atoms with van der Waals surface area (Å²) in [5.74, 6) is 0. The average Bonchev–Trinajstić information content (AvgIpc) is 2.16. The molecule has 0 heterocycles. The lowest BCUT2D eigenvalue weighted by Gasteiger charge is -2.24. The Labute approximate surface area is 113 Å². The molecule has 0 aromatic heterocycles. The van der Waals surface area contributed by atoms with Gasteiger partial charge in [0, 0.05) is 12.1 Å². The first-order chi connectivity index (χ1) is 8.57. The van der Waals surface area contributed by atoms with Crippen molar-refractivity contribution in [2.45, 2.75) is 25.9 Å². The van der Waals surface area contributed by atoms with Crippen molar-refractivity contribution < 1.29 is 17.9 Å². The Morgan fingerprint density at radius 1 is 1.32 bits per heavy atom. The fourth-order valence-corrected chi connectivity index (χ4v) is 2.27. The zero-order valence-corrected chi connectivity index (χ0v) is 12.0. The van der Waals surface area contributed by atoms with Crippen molar-refractivity contribution in [3.63, 3.8) is 0 Å². The van der Waals surface area contributed by atoms with Crippen LogP contribution in [0.4, 0.5) is 10.5 Å². The highest BCUT2D eigenvalue weighted by molar-refractivity contribution is 7.92. The lowest BCUT2D eigenvalue weighted by atomic mass is 9.98. The molecule has 3 N–H and O–H groups in total. The van der Waals surface area contributed by atoms with Crippen LogP contribution in [-0.2, 0) is 21.2 Å². The summed E-state index contributed by atoms with van der Waals surface area (Å²) in [7, 11) is -3.28. The van der Waals surface area contributed by atoms with Crippen LogP contribution in [0.1, 0.15) is 19.4 Å².